The number of nitrogens with one attached hydrogen (secondary N) is 1. The number of nitrogens with zero attached hydrogens (tertiary/aromatic N) is 2. The average molecular weight is 277 g/mol. The molecule has 0 amide bonds. The second-order valence-corrected chi connectivity index (χ2v) is 4.70. The van der Waals surface area contributed by atoms with Gasteiger partial charge in [0.05, 0.1) is 10.9 Å². The fraction of sp³-hybridized carbons (Fsp3) is 0.357. The number of carboxylic acids is 1. The molecule has 0 unspecified atom stereocenters. The first kappa shape index (κ1) is 14.2. The van der Waals surface area contributed by atoms with Gasteiger partial charge in [0, 0.05) is 0 Å². The summed E-state index contributed by atoms with van der Waals surface area (Å²) in [6.07, 6.45) is 1.98. The molecule has 0 fully saturated rings. The van der Waals surface area contributed by atoms with E-state index >= 15 is 0 Å². The molecule has 1 aromatic heterocycles. The topological polar surface area (TPSA) is 75.1 Å². The maximum atomic E-state index is 13.9. The summed E-state index contributed by atoms with van der Waals surface area (Å²) in [5, 5.41) is 12.3. The lowest BCUT2D eigenvalue weighted by Gasteiger charge is -2.21. The molecule has 0 saturated carbocycles. The van der Waals surface area contributed by atoms with Crippen LogP contribution in [-0.2, 0) is 4.79 Å². The highest BCUT2D eigenvalue weighted by Crippen LogP contribution is 2.24. The molecule has 2 N–H and O–H groups in total. The Morgan fingerprint density at radius 2 is 2.20 bits per heavy atom. The molecule has 106 valence electrons. The van der Waals surface area contributed by atoms with E-state index in [1.165, 1.54) is 12.4 Å². The number of hydrogen-bond donors (Lipinski definition) is 2. The van der Waals surface area contributed by atoms with E-state index in [1.807, 2.05) is 13.8 Å². The van der Waals surface area contributed by atoms with Crippen LogP contribution in [0.1, 0.15) is 20.3 Å². The highest BCUT2D eigenvalue weighted by Gasteiger charge is 2.24. The van der Waals surface area contributed by atoms with Gasteiger partial charge < -0.3 is 10.4 Å². The van der Waals surface area contributed by atoms with Gasteiger partial charge in [-0.3, -0.25) is 0 Å². The zero-order chi connectivity index (χ0) is 14.7. The standard InChI is InChI=1S/C14H16FN3O2/c1-3-8(2)12(14(19)20)18-13-11-9(15)5-4-6-10(11)16-7-17-13/h4-8,12H,3H2,1-2H3,(H,19,20)(H,16,17,18)/t8-,12-/m0/s1. The molecule has 0 saturated heterocycles. The molecule has 0 aliphatic carbocycles. The van der Waals surface area contributed by atoms with Crippen LogP contribution in [-0.4, -0.2) is 27.1 Å². The Morgan fingerprint density at radius 3 is 2.85 bits per heavy atom. The molecule has 0 radical (unpaired) electrons. The van der Waals surface area contributed by atoms with Crippen LogP contribution in [0.25, 0.3) is 10.9 Å². The first-order valence-corrected chi connectivity index (χ1v) is 6.43. The average Bonchev–Trinajstić information content (AvgIpc) is 2.43. The maximum Gasteiger partial charge on any atom is 0.326 e. The molecule has 0 aliphatic heterocycles. The molecule has 0 spiro atoms. The second-order valence-electron chi connectivity index (χ2n) is 4.70. The van der Waals surface area contributed by atoms with Crippen LogP contribution in [0.3, 0.4) is 0 Å². The predicted octanol–water partition coefficient (Wildman–Crippen LogP) is 2.68. The number of hydrogen-bond acceptors (Lipinski definition) is 4. The van der Waals surface area contributed by atoms with Crippen molar-refractivity contribution in [1.82, 2.24) is 9.97 Å². The van der Waals surface area contributed by atoms with Crippen molar-refractivity contribution in [3.63, 3.8) is 0 Å². The minimum atomic E-state index is -0.984. The van der Waals surface area contributed by atoms with Crippen molar-refractivity contribution in [2.75, 3.05) is 5.32 Å². The molecule has 0 aliphatic rings. The summed E-state index contributed by atoms with van der Waals surface area (Å²) in [5.41, 5.74) is 0.441. The third-order valence-electron chi connectivity index (χ3n) is 3.38. The first-order valence-electron chi connectivity index (χ1n) is 6.43. The molecule has 0 bridgehead atoms. The van der Waals surface area contributed by atoms with E-state index in [0.717, 1.165) is 0 Å². The van der Waals surface area contributed by atoms with Gasteiger partial charge >= 0.3 is 5.97 Å². The van der Waals surface area contributed by atoms with Crippen LogP contribution in [0.4, 0.5) is 10.2 Å². The number of halogens is 1. The summed E-state index contributed by atoms with van der Waals surface area (Å²) < 4.78 is 13.9. The van der Waals surface area contributed by atoms with Gasteiger partial charge in [-0.25, -0.2) is 19.2 Å². The van der Waals surface area contributed by atoms with Crippen molar-refractivity contribution in [3.8, 4) is 0 Å². The number of anilines is 1. The fourth-order valence-electron chi connectivity index (χ4n) is 2.01. The third-order valence-corrected chi connectivity index (χ3v) is 3.38. The van der Waals surface area contributed by atoms with Gasteiger partial charge in [-0.15, -0.1) is 0 Å². The van der Waals surface area contributed by atoms with Crippen molar-refractivity contribution in [3.05, 3.63) is 30.3 Å². The highest BCUT2D eigenvalue weighted by atomic mass is 19.1. The van der Waals surface area contributed by atoms with Gasteiger partial charge in [-0.05, 0) is 18.1 Å². The lowest BCUT2D eigenvalue weighted by molar-refractivity contribution is -0.139. The van der Waals surface area contributed by atoms with E-state index in [4.69, 9.17) is 0 Å². The molecule has 5 nitrogen and oxygen atoms in total. The smallest absolute Gasteiger partial charge is 0.326 e. The Bertz CT molecular complexity index is 628. The van der Waals surface area contributed by atoms with Gasteiger partial charge in [0.2, 0.25) is 0 Å². The number of rotatable bonds is 5. The molecule has 6 heteroatoms. The van der Waals surface area contributed by atoms with Crippen molar-refractivity contribution in [2.24, 2.45) is 5.92 Å². The minimum Gasteiger partial charge on any atom is -0.480 e. The maximum absolute atomic E-state index is 13.9. The minimum absolute atomic E-state index is 0.107. The first-order chi connectivity index (χ1) is 9.54. The van der Waals surface area contributed by atoms with Gasteiger partial charge in [-0.1, -0.05) is 26.3 Å². The Morgan fingerprint density at radius 1 is 1.45 bits per heavy atom. The lowest BCUT2D eigenvalue weighted by atomic mass is 9.99. The fourth-order valence-corrected chi connectivity index (χ4v) is 2.01. The summed E-state index contributed by atoms with van der Waals surface area (Å²) >= 11 is 0. The number of aromatic nitrogens is 2. The molecule has 20 heavy (non-hydrogen) atoms. The van der Waals surface area contributed by atoms with Crippen LogP contribution >= 0.6 is 0 Å². The lowest BCUT2D eigenvalue weighted by Crippen LogP contribution is -2.35. The quantitative estimate of drug-likeness (QED) is 0.878. The SMILES string of the molecule is CC[C@H](C)[C@H](Nc1ncnc2cccc(F)c12)C(=O)O. The molecule has 1 heterocycles. The molecule has 2 rings (SSSR count). The van der Waals surface area contributed by atoms with Gasteiger partial charge in [0.25, 0.3) is 0 Å². The normalized spacial score (nSPS) is 13.9. The van der Waals surface area contributed by atoms with Gasteiger partial charge in [0.1, 0.15) is 24.0 Å². The highest BCUT2D eigenvalue weighted by molar-refractivity contribution is 5.91. The van der Waals surface area contributed by atoms with Gasteiger partial charge in [-0.2, -0.15) is 0 Å². The van der Waals surface area contributed by atoms with Crippen molar-refractivity contribution >= 4 is 22.7 Å². The van der Waals surface area contributed by atoms with Crippen LogP contribution in [0, 0.1) is 11.7 Å². The third kappa shape index (κ3) is 2.68. The van der Waals surface area contributed by atoms with E-state index in [1.54, 1.807) is 12.1 Å². The zero-order valence-corrected chi connectivity index (χ0v) is 11.3. The van der Waals surface area contributed by atoms with E-state index in [9.17, 15) is 14.3 Å². The number of carbonyl (C=O) groups is 1. The number of fused-ring (bicyclic) bond motifs is 1. The van der Waals surface area contributed by atoms with Crippen molar-refractivity contribution < 1.29 is 14.3 Å². The number of benzene rings is 1. The molecule has 2 aromatic rings. The van der Waals surface area contributed by atoms with Crippen molar-refractivity contribution in [1.29, 1.82) is 0 Å². The van der Waals surface area contributed by atoms with Crippen LogP contribution in [0.15, 0.2) is 24.5 Å². The van der Waals surface area contributed by atoms with Crippen LogP contribution < -0.4 is 5.32 Å². The Hall–Kier alpha value is -2.24. The Labute approximate surface area is 115 Å². The molecular formula is C14H16FN3O2. The van der Waals surface area contributed by atoms with E-state index in [0.29, 0.717) is 11.9 Å². The summed E-state index contributed by atoms with van der Waals surface area (Å²) in [6, 6.07) is 3.69. The van der Waals surface area contributed by atoms with E-state index < -0.39 is 17.8 Å². The summed E-state index contributed by atoms with van der Waals surface area (Å²) in [7, 11) is 0. The Balaban J connectivity index is 2.45. The molecule has 2 atom stereocenters. The number of aliphatic carboxylic acids is 1. The monoisotopic (exact) mass is 277 g/mol. The van der Waals surface area contributed by atoms with E-state index in [-0.39, 0.29) is 17.1 Å². The summed E-state index contributed by atoms with van der Waals surface area (Å²) in [5.74, 6) is -1.36. The van der Waals surface area contributed by atoms with Crippen LogP contribution in [0.5, 0.6) is 0 Å². The van der Waals surface area contributed by atoms with Crippen LogP contribution in [0.2, 0.25) is 0 Å². The molecule has 1 aromatic carbocycles. The Kier molecular flexibility index (Phi) is 4.12. The summed E-state index contributed by atoms with van der Waals surface area (Å²) in [6.45, 7) is 3.73. The van der Waals surface area contributed by atoms with E-state index in [2.05, 4.69) is 15.3 Å². The molecular weight excluding hydrogens is 261 g/mol. The zero-order valence-electron chi connectivity index (χ0n) is 11.3. The number of carboxylic acid groups (broad SMARTS) is 1. The van der Waals surface area contributed by atoms with Crippen molar-refractivity contribution in [2.45, 2.75) is 26.3 Å². The predicted molar refractivity (Wildman–Crippen MR) is 74.0 cm³/mol. The van der Waals surface area contributed by atoms with Gasteiger partial charge in [0.15, 0.2) is 0 Å². The second kappa shape index (κ2) is 5.81. The summed E-state index contributed by atoms with van der Waals surface area (Å²) in [4.78, 5) is 19.3. The largest absolute Gasteiger partial charge is 0.480 e.